The lowest BCUT2D eigenvalue weighted by Gasteiger charge is -2.18. The van der Waals surface area contributed by atoms with E-state index >= 15 is 0 Å². The van der Waals surface area contributed by atoms with E-state index in [2.05, 4.69) is 10.3 Å². The van der Waals surface area contributed by atoms with Crippen LogP contribution in [0.15, 0.2) is 33.4 Å². The number of nitrogens with zero attached hydrogens (tertiary/aromatic N) is 3. The van der Waals surface area contributed by atoms with Crippen molar-refractivity contribution in [1.29, 1.82) is 0 Å². The average Bonchev–Trinajstić information content (AvgIpc) is 3.13. The Hall–Kier alpha value is -2.57. The minimum absolute atomic E-state index is 0.0663. The number of aromatic nitrogens is 2. The highest BCUT2D eigenvalue weighted by molar-refractivity contribution is 7.89. The van der Waals surface area contributed by atoms with Crippen molar-refractivity contribution in [2.45, 2.75) is 32.2 Å². The van der Waals surface area contributed by atoms with Crippen LogP contribution in [0.3, 0.4) is 0 Å². The number of esters is 1. The molecule has 0 spiro atoms. The van der Waals surface area contributed by atoms with Crippen LogP contribution in [-0.2, 0) is 26.1 Å². The number of thiazole rings is 1. The Labute approximate surface area is 172 Å². The van der Waals surface area contributed by atoms with Gasteiger partial charge in [-0.1, -0.05) is 13.8 Å². The van der Waals surface area contributed by atoms with Gasteiger partial charge in [0.2, 0.25) is 15.9 Å². The predicted octanol–water partition coefficient (Wildman–Crippen LogP) is 1.15. The Kier molecular flexibility index (Phi) is 7.65. The van der Waals surface area contributed by atoms with Gasteiger partial charge in [0.1, 0.15) is 6.54 Å². The van der Waals surface area contributed by atoms with Crippen LogP contribution in [0.25, 0.3) is 0 Å². The number of amides is 1. The molecule has 0 atom stereocenters. The summed E-state index contributed by atoms with van der Waals surface area (Å²) >= 11 is 1.03. The number of carbonyl (C=O) groups excluding carboxylic acids is 2. The molecule has 0 aliphatic rings. The van der Waals surface area contributed by atoms with Crippen molar-refractivity contribution in [3.05, 3.63) is 39.8 Å². The van der Waals surface area contributed by atoms with Crippen molar-refractivity contribution in [2.75, 3.05) is 25.0 Å². The second-order valence-electron chi connectivity index (χ2n) is 5.73. The van der Waals surface area contributed by atoms with Crippen LogP contribution in [0.5, 0.6) is 0 Å². The van der Waals surface area contributed by atoms with Crippen LogP contribution < -0.4 is 10.9 Å². The zero-order valence-corrected chi connectivity index (χ0v) is 17.9. The maximum absolute atomic E-state index is 12.6. The van der Waals surface area contributed by atoms with Crippen molar-refractivity contribution < 1.29 is 22.7 Å². The van der Waals surface area contributed by atoms with Crippen molar-refractivity contribution in [1.82, 2.24) is 13.9 Å². The number of hydrogen-bond acceptors (Lipinski definition) is 8. The van der Waals surface area contributed by atoms with Crippen molar-refractivity contribution >= 4 is 38.4 Å². The van der Waals surface area contributed by atoms with Gasteiger partial charge in [0.25, 0.3) is 5.56 Å². The predicted molar refractivity (Wildman–Crippen MR) is 108 cm³/mol. The summed E-state index contributed by atoms with van der Waals surface area (Å²) in [7, 11) is -3.77. The topological polar surface area (TPSA) is 128 Å². The normalized spacial score (nSPS) is 11.4. The van der Waals surface area contributed by atoms with E-state index in [1.54, 1.807) is 20.8 Å². The first-order valence-corrected chi connectivity index (χ1v) is 11.2. The first-order chi connectivity index (χ1) is 13.7. The fourth-order valence-electron chi connectivity index (χ4n) is 2.44. The molecule has 158 valence electrons. The van der Waals surface area contributed by atoms with E-state index in [1.807, 2.05) is 0 Å². The number of sulfonamides is 1. The maximum atomic E-state index is 12.6. The number of rotatable bonds is 9. The largest absolute Gasteiger partial charge is 0.461 e. The lowest BCUT2D eigenvalue weighted by Crippen LogP contribution is -2.33. The molecule has 0 aromatic carbocycles. The summed E-state index contributed by atoms with van der Waals surface area (Å²) in [5.41, 5.74) is -0.457. The fourth-order valence-corrected chi connectivity index (χ4v) is 4.62. The van der Waals surface area contributed by atoms with Gasteiger partial charge < -0.3 is 14.6 Å². The highest BCUT2D eigenvalue weighted by Crippen LogP contribution is 2.17. The molecule has 0 aliphatic heterocycles. The molecular weight excluding hydrogens is 420 g/mol. The molecule has 2 aromatic heterocycles. The van der Waals surface area contributed by atoms with Crippen LogP contribution in [0, 0.1) is 0 Å². The summed E-state index contributed by atoms with van der Waals surface area (Å²) < 4.78 is 32.3. The van der Waals surface area contributed by atoms with E-state index in [4.69, 9.17) is 4.74 Å². The molecule has 0 radical (unpaired) electrons. The monoisotopic (exact) mass is 442 g/mol. The van der Waals surface area contributed by atoms with E-state index in [9.17, 15) is 22.8 Å². The van der Waals surface area contributed by atoms with Gasteiger partial charge in [0.05, 0.1) is 11.5 Å². The minimum atomic E-state index is -3.77. The Morgan fingerprint density at radius 3 is 2.55 bits per heavy atom. The van der Waals surface area contributed by atoms with E-state index < -0.39 is 34.0 Å². The van der Waals surface area contributed by atoms with Crippen LogP contribution in [0.4, 0.5) is 5.13 Å². The van der Waals surface area contributed by atoms with Gasteiger partial charge in [-0.05, 0) is 13.0 Å². The van der Waals surface area contributed by atoms with E-state index in [1.165, 1.54) is 15.8 Å². The fraction of sp³-hybridized carbons (Fsp3) is 0.412. The molecule has 0 unspecified atom stereocenters. The number of hydrogen-bond donors (Lipinski definition) is 1. The highest BCUT2D eigenvalue weighted by Gasteiger charge is 2.22. The summed E-state index contributed by atoms with van der Waals surface area (Å²) in [5.74, 6) is -1.19. The first-order valence-electron chi connectivity index (χ1n) is 8.86. The van der Waals surface area contributed by atoms with E-state index in [0.717, 1.165) is 28.2 Å². The van der Waals surface area contributed by atoms with Crippen LogP contribution in [-0.4, -0.2) is 53.8 Å². The molecule has 10 nitrogen and oxygen atoms in total. The second-order valence-corrected chi connectivity index (χ2v) is 8.52. The number of anilines is 1. The molecular formula is C17H22N4O6S2. The lowest BCUT2D eigenvalue weighted by molar-refractivity contribution is -0.116. The summed E-state index contributed by atoms with van der Waals surface area (Å²) in [6.07, 6.45) is 1.14. The third-order valence-electron chi connectivity index (χ3n) is 3.85. The number of pyridine rings is 1. The van der Waals surface area contributed by atoms with Gasteiger partial charge in [-0.2, -0.15) is 4.31 Å². The molecule has 0 aliphatic carbocycles. The SMILES string of the molecule is CCOC(=O)c1csc(NC(=O)Cn2cc(S(=O)(=O)N(CC)CC)ccc2=O)n1. The van der Waals surface area contributed by atoms with Gasteiger partial charge in [0, 0.05) is 30.7 Å². The van der Waals surface area contributed by atoms with E-state index in [0.29, 0.717) is 0 Å². The molecule has 2 aromatic rings. The molecule has 0 bridgehead atoms. The van der Waals surface area contributed by atoms with Crippen LogP contribution >= 0.6 is 11.3 Å². The zero-order valence-electron chi connectivity index (χ0n) is 16.2. The highest BCUT2D eigenvalue weighted by atomic mass is 32.2. The van der Waals surface area contributed by atoms with Crippen LogP contribution in [0.1, 0.15) is 31.3 Å². The van der Waals surface area contributed by atoms with Gasteiger partial charge in [0.15, 0.2) is 10.8 Å². The Bertz CT molecular complexity index is 1040. The summed E-state index contributed by atoms with van der Waals surface area (Å²) in [4.78, 5) is 39.8. The summed E-state index contributed by atoms with van der Waals surface area (Å²) in [6, 6.07) is 2.32. The summed E-state index contributed by atoms with van der Waals surface area (Å²) in [6.45, 7) is 5.45. The Morgan fingerprint density at radius 1 is 1.24 bits per heavy atom. The molecule has 29 heavy (non-hydrogen) atoms. The van der Waals surface area contributed by atoms with Gasteiger partial charge in [-0.15, -0.1) is 11.3 Å². The third-order valence-corrected chi connectivity index (χ3v) is 6.64. The molecule has 0 fully saturated rings. The molecule has 0 saturated carbocycles. The quantitative estimate of drug-likeness (QED) is 0.577. The average molecular weight is 443 g/mol. The number of nitrogens with one attached hydrogen (secondary N) is 1. The third kappa shape index (κ3) is 5.49. The first kappa shape index (κ1) is 22.7. The molecule has 12 heteroatoms. The molecule has 1 amide bonds. The number of ether oxygens (including phenoxy) is 1. The maximum Gasteiger partial charge on any atom is 0.357 e. The minimum Gasteiger partial charge on any atom is -0.461 e. The zero-order chi connectivity index (χ0) is 21.6. The lowest BCUT2D eigenvalue weighted by atomic mass is 10.4. The van der Waals surface area contributed by atoms with Crippen molar-refractivity contribution in [3.8, 4) is 0 Å². The molecule has 1 N–H and O–H groups in total. The Balaban J connectivity index is 2.17. The molecule has 2 rings (SSSR count). The molecule has 0 saturated heterocycles. The standard InChI is InChI=1S/C17H22N4O6S2/c1-4-21(5-2)29(25,26)12-7-8-15(23)20(9-12)10-14(22)19-17-18-13(11-28-17)16(24)27-6-3/h7-9,11H,4-6,10H2,1-3H3,(H,18,19,22). The van der Waals surface area contributed by atoms with Gasteiger partial charge >= 0.3 is 5.97 Å². The van der Waals surface area contributed by atoms with Crippen LogP contribution in [0.2, 0.25) is 0 Å². The van der Waals surface area contributed by atoms with Crippen molar-refractivity contribution in [3.63, 3.8) is 0 Å². The molecule has 2 heterocycles. The van der Waals surface area contributed by atoms with E-state index in [-0.39, 0.29) is 35.4 Å². The Morgan fingerprint density at radius 2 is 1.93 bits per heavy atom. The summed E-state index contributed by atoms with van der Waals surface area (Å²) in [5, 5.41) is 4.09. The van der Waals surface area contributed by atoms with Crippen molar-refractivity contribution in [2.24, 2.45) is 0 Å². The second kappa shape index (κ2) is 9.76. The van der Waals surface area contributed by atoms with Gasteiger partial charge in [-0.25, -0.2) is 18.2 Å². The van der Waals surface area contributed by atoms with Gasteiger partial charge in [-0.3, -0.25) is 9.59 Å². The smallest absolute Gasteiger partial charge is 0.357 e. The number of carbonyl (C=O) groups is 2.